The van der Waals surface area contributed by atoms with Gasteiger partial charge in [0.1, 0.15) is 11.2 Å². The number of hydrogen-bond acceptors (Lipinski definition) is 1. The third-order valence-electron chi connectivity index (χ3n) is 8.45. The van der Waals surface area contributed by atoms with Crippen molar-refractivity contribution in [3.8, 4) is 33.4 Å². The molecule has 0 saturated heterocycles. The largest absolute Gasteiger partial charge is 0.455 e. The molecule has 46 heavy (non-hydrogen) atoms. The second-order valence-electron chi connectivity index (χ2n) is 11.1. The number of hydrogen-bond donors (Lipinski definition) is 0. The molecule has 1 heterocycles. The van der Waals surface area contributed by atoms with E-state index in [4.69, 9.17) is 16.8 Å². The molecule has 0 spiro atoms. The summed E-state index contributed by atoms with van der Waals surface area (Å²) in [4.78, 5) is 0. The van der Waals surface area contributed by atoms with E-state index in [1.807, 2.05) is 78.9 Å². The van der Waals surface area contributed by atoms with Crippen LogP contribution in [0.25, 0.3) is 76.9 Å². The molecule has 0 aliphatic carbocycles. The molecule has 1 nitrogen and oxygen atoms in total. The van der Waals surface area contributed by atoms with Crippen LogP contribution >= 0.6 is 0 Å². The van der Waals surface area contributed by atoms with Gasteiger partial charge in [0.2, 0.25) is 0 Å². The van der Waals surface area contributed by atoms with Gasteiger partial charge in [-0.15, -0.1) is 0 Å². The van der Waals surface area contributed by atoms with Crippen LogP contribution in [0.1, 0.15) is 28.9 Å². The molecule has 0 saturated carbocycles. The number of fused-ring (bicyclic) bond motifs is 5. The monoisotopic (exact) mass is 599 g/mol. The molecule has 0 bridgehead atoms. The summed E-state index contributed by atoms with van der Waals surface area (Å²) in [6.45, 7) is 0. The van der Waals surface area contributed by atoms with Crippen molar-refractivity contribution in [1.29, 1.82) is 0 Å². The Morgan fingerprint density at radius 1 is 0.457 bits per heavy atom. The zero-order chi connectivity index (χ0) is 41.8. The highest BCUT2D eigenvalue weighted by Crippen LogP contribution is 2.42. The first-order valence-electron chi connectivity index (χ1n) is 21.3. The Morgan fingerprint density at radius 3 is 1.85 bits per heavy atom. The van der Waals surface area contributed by atoms with Crippen LogP contribution in [0.5, 0.6) is 0 Å². The lowest BCUT2D eigenvalue weighted by atomic mass is 9.86. The summed E-state index contributed by atoms with van der Waals surface area (Å²) in [5, 5.41) is 1.56. The quantitative estimate of drug-likeness (QED) is 0.179. The lowest BCUT2D eigenvalue weighted by Gasteiger charge is -2.18. The van der Waals surface area contributed by atoms with Crippen LogP contribution in [0.15, 0.2) is 174 Å². The van der Waals surface area contributed by atoms with Gasteiger partial charge in [-0.25, -0.2) is 0 Å². The van der Waals surface area contributed by atoms with E-state index in [0.717, 1.165) is 33.0 Å². The highest BCUT2D eigenvalue weighted by atomic mass is 16.3. The molecule has 9 rings (SSSR count). The van der Waals surface area contributed by atoms with Gasteiger partial charge in [-0.05, 0) is 85.1 Å². The summed E-state index contributed by atoms with van der Waals surface area (Å²) in [5.74, 6) is 0. The SMILES string of the molecule is [2H]c1c([2H])c([2H])c(Cc2c3c([2H])c([2H])c([2H])c([2H])c3c(-c3cccc(-c4ccc5oc6c(-c7ccccc7)cccc6c5c4)c3)c3c([2H])c([2H])c([2H])c([2H])c23)c([2H])c1[2H]. The standard InChI is InChI=1S/C45H30O/c1-3-13-30(14-4-1)27-41-36-19-7-9-21-38(36)44(39-22-10-8-20-37(39)41)34-18-11-17-32(28-34)33-25-26-43-42(29-33)40-24-12-23-35(45(40)46-43)31-15-5-2-6-16-31/h1-26,28-29H,27H2/i1D,3D,4D,7D,8D,9D,10D,13D,14D,19D,20D,21D,22D. The van der Waals surface area contributed by atoms with Crippen LogP contribution in [0, 0.1) is 0 Å². The predicted octanol–water partition coefficient (Wildman–Crippen LogP) is 12.5. The molecule has 0 atom stereocenters. The Morgan fingerprint density at radius 2 is 1.09 bits per heavy atom. The maximum Gasteiger partial charge on any atom is 0.143 e. The van der Waals surface area contributed by atoms with E-state index in [1.165, 1.54) is 0 Å². The van der Waals surface area contributed by atoms with Crippen LogP contribution < -0.4 is 0 Å². The molecule has 1 aromatic heterocycles. The van der Waals surface area contributed by atoms with E-state index in [-0.39, 0.29) is 38.2 Å². The maximum absolute atomic E-state index is 9.26. The van der Waals surface area contributed by atoms with Crippen LogP contribution in [-0.2, 0) is 6.42 Å². The predicted molar refractivity (Wildman–Crippen MR) is 194 cm³/mol. The van der Waals surface area contributed by atoms with Gasteiger partial charge >= 0.3 is 0 Å². The van der Waals surface area contributed by atoms with E-state index < -0.39 is 85.0 Å². The van der Waals surface area contributed by atoms with E-state index in [2.05, 4.69) is 0 Å². The zero-order valence-corrected chi connectivity index (χ0v) is 24.3. The van der Waals surface area contributed by atoms with E-state index in [9.17, 15) is 5.48 Å². The van der Waals surface area contributed by atoms with Crippen molar-refractivity contribution in [3.05, 3.63) is 181 Å². The highest BCUT2D eigenvalue weighted by Gasteiger charge is 2.17. The molecule has 0 amide bonds. The molecule has 1 heteroatoms. The number of furan rings is 1. The number of para-hydroxylation sites is 1. The first kappa shape index (κ1) is 16.4. The Hall–Kier alpha value is -5.92. The van der Waals surface area contributed by atoms with E-state index in [1.54, 1.807) is 12.1 Å². The number of rotatable bonds is 5. The number of benzene rings is 8. The molecule has 0 fully saturated rings. The summed E-state index contributed by atoms with van der Waals surface area (Å²) in [6, 6.07) is 21.8. The molecule has 9 aromatic rings. The molecule has 8 aromatic carbocycles. The first-order chi connectivity index (χ1) is 28.2. The van der Waals surface area contributed by atoms with Gasteiger partial charge in [0.25, 0.3) is 0 Å². The van der Waals surface area contributed by atoms with Gasteiger partial charge in [0.15, 0.2) is 0 Å². The van der Waals surface area contributed by atoms with Crippen molar-refractivity contribution in [2.45, 2.75) is 6.42 Å². The Kier molecular flexibility index (Phi) is 3.89. The lowest BCUT2D eigenvalue weighted by molar-refractivity contribution is 0.670. The molecule has 216 valence electrons. The maximum atomic E-state index is 9.26. The Bertz CT molecular complexity index is 3170. The van der Waals surface area contributed by atoms with Gasteiger partial charge in [0, 0.05) is 16.3 Å². The van der Waals surface area contributed by atoms with Crippen LogP contribution in [0.4, 0.5) is 0 Å². The van der Waals surface area contributed by atoms with Crippen molar-refractivity contribution in [1.82, 2.24) is 0 Å². The first-order valence-corrected chi connectivity index (χ1v) is 14.8. The smallest absolute Gasteiger partial charge is 0.143 e. The Balaban J connectivity index is 1.35. The second kappa shape index (κ2) is 10.9. The average Bonchev–Trinajstić information content (AvgIpc) is 3.64. The third-order valence-corrected chi connectivity index (χ3v) is 8.45. The lowest BCUT2D eigenvalue weighted by Crippen LogP contribution is -1.95. The van der Waals surface area contributed by atoms with Crippen molar-refractivity contribution in [2.75, 3.05) is 0 Å². The fourth-order valence-corrected chi connectivity index (χ4v) is 6.39. The summed E-state index contributed by atoms with van der Waals surface area (Å²) >= 11 is 0. The normalized spacial score (nSPS) is 15.5. The van der Waals surface area contributed by atoms with Gasteiger partial charge in [0.05, 0.1) is 17.8 Å². The van der Waals surface area contributed by atoms with Crippen LogP contribution in [-0.4, -0.2) is 0 Å². The van der Waals surface area contributed by atoms with E-state index >= 15 is 0 Å². The molecule has 0 unspecified atom stereocenters. The van der Waals surface area contributed by atoms with Crippen molar-refractivity contribution in [3.63, 3.8) is 0 Å². The molecule has 0 radical (unpaired) electrons. The molecule has 0 aliphatic heterocycles. The average molecular weight is 600 g/mol. The minimum absolute atomic E-state index is 0.0143. The van der Waals surface area contributed by atoms with Gasteiger partial charge < -0.3 is 4.42 Å². The fourth-order valence-electron chi connectivity index (χ4n) is 6.39. The van der Waals surface area contributed by atoms with Crippen LogP contribution in [0.3, 0.4) is 0 Å². The summed E-state index contributed by atoms with van der Waals surface area (Å²) in [6.07, 6.45) is -0.488. The Labute approximate surface area is 286 Å². The minimum atomic E-state index is -0.616. The molecular formula is C45H30O. The fraction of sp³-hybridized carbons (Fsp3) is 0.0222. The van der Waals surface area contributed by atoms with Crippen molar-refractivity contribution in [2.24, 2.45) is 0 Å². The van der Waals surface area contributed by atoms with Gasteiger partial charge in [-0.3, -0.25) is 0 Å². The molecule has 0 aliphatic rings. The van der Waals surface area contributed by atoms with Gasteiger partial charge in [-0.1, -0.05) is 151 Å². The topological polar surface area (TPSA) is 13.1 Å². The van der Waals surface area contributed by atoms with E-state index in [0.29, 0.717) is 16.7 Å². The zero-order valence-electron chi connectivity index (χ0n) is 37.3. The summed E-state index contributed by atoms with van der Waals surface area (Å²) in [7, 11) is 0. The van der Waals surface area contributed by atoms with Gasteiger partial charge in [-0.2, -0.15) is 0 Å². The third kappa shape index (κ3) is 4.40. The minimum Gasteiger partial charge on any atom is -0.455 e. The second-order valence-corrected chi connectivity index (χ2v) is 11.1. The highest BCUT2D eigenvalue weighted by molar-refractivity contribution is 6.15. The van der Waals surface area contributed by atoms with Crippen molar-refractivity contribution < 1.29 is 22.2 Å². The van der Waals surface area contributed by atoms with Crippen LogP contribution in [0.2, 0.25) is 0 Å². The molecule has 0 N–H and O–H groups in total. The summed E-state index contributed by atoms with van der Waals surface area (Å²) < 4.78 is 120. The molecular weight excluding hydrogens is 556 g/mol. The summed E-state index contributed by atoms with van der Waals surface area (Å²) in [5.41, 5.74) is 5.24. The van der Waals surface area contributed by atoms with Crippen molar-refractivity contribution >= 4 is 43.5 Å².